The van der Waals surface area contributed by atoms with E-state index in [-0.39, 0.29) is 17.9 Å². The smallest absolute Gasteiger partial charge is 0.317 e. The lowest BCUT2D eigenvalue weighted by molar-refractivity contribution is -0.129. The minimum Gasteiger partial charge on any atom is -0.383 e. The van der Waals surface area contributed by atoms with Crippen LogP contribution in [-0.4, -0.2) is 66.1 Å². The van der Waals surface area contributed by atoms with E-state index in [9.17, 15) is 9.59 Å². The van der Waals surface area contributed by atoms with E-state index in [2.05, 4.69) is 10.3 Å². The Morgan fingerprint density at radius 2 is 2.07 bits per heavy atom. The molecular formula is C20H30N4O3. The summed E-state index contributed by atoms with van der Waals surface area (Å²) in [6, 6.07) is 4.11. The number of hydrogen-bond donors (Lipinski definition) is 1. The average Bonchev–Trinajstić information content (AvgIpc) is 3.33. The Morgan fingerprint density at radius 3 is 2.78 bits per heavy atom. The van der Waals surface area contributed by atoms with Gasteiger partial charge in [-0.1, -0.05) is 12.8 Å². The number of nitrogens with one attached hydrogen (secondary N) is 1. The van der Waals surface area contributed by atoms with Gasteiger partial charge >= 0.3 is 6.03 Å². The van der Waals surface area contributed by atoms with Crippen LogP contribution < -0.4 is 5.32 Å². The van der Waals surface area contributed by atoms with E-state index in [1.165, 1.54) is 12.8 Å². The molecule has 1 saturated carbocycles. The number of amides is 3. The summed E-state index contributed by atoms with van der Waals surface area (Å²) in [5.74, 6) is 0.446. The first-order valence-electron chi connectivity index (χ1n) is 9.87. The Hall–Kier alpha value is -2.15. The molecule has 2 aliphatic rings. The fourth-order valence-corrected chi connectivity index (χ4v) is 4.02. The molecule has 1 saturated heterocycles. The van der Waals surface area contributed by atoms with Gasteiger partial charge in [0.25, 0.3) is 0 Å². The number of carbonyl (C=O) groups excluding carboxylic acids is 2. The lowest BCUT2D eigenvalue weighted by Crippen LogP contribution is -2.43. The summed E-state index contributed by atoms with van der Waals surface area (Å²) in [5.41, 5.74) is 1.03. The van der Waals surface area contributed by atoms with Gasteiger partial charge in [-0.2, -0.15) is 0 Å². The number of ether oxygens (including phenoxy) is 1. The van der Waals surface area contributed by atoms with Crippen LogP contribution in [0.3, 0.4) is 0 Å². The third kappa shape index (κ3) is 5.42. The SMILES string of the molecule is COCCN(Cc1ccncc1)C(=O)NCC1CC(=O)N(C2CCCC2)C1. The molecule has 1 aromatic heterocycles. The van der Waals surface area contributed by atoms with Crippen molar-refractivity contribution in [2.45, 2.75) is 44.7 Å². The van der Waals surface area contributed by atoms with Crippen LogP contribution in [-0.2, 0) is 16.1 Å². The molecule has 1 aliphatic carbocycles. The van der Waals surface area contributed by atoms with E-state index < -0.39 is 0 Å². The molecule has 148 valence electrons. The summed E-state index contributed by atoms with van der Waals surface area (Å²) in [5, 5.41) is 3.02. The number of pyridine rings is 1. The number of aromatic nitrogens is 1. The lowest BCUT2D eigenvalue weighted by Gasteiger charge is -2.25. The van der Waals surface area contributed by atoms with Crippen LogP contribution in [0.2, 0.25) is 0 Å². The molecule has 3 rings (SSSR count). The fourth-order valence-electron chi connectivity index (χ4n) is 4.02. The Bertz CT molecular complexity index is 619. The van der Waals surface area contributed by atoms with Gasteiger partial charge in [0, 0.05) is 64.1 Å². The van der Waals surface area contributed by atoms with E-state index in [1.807, 2.05) is 17.0 Å². The maximum Gasteiger partial charge on any atom is 0.317 e. The third-order valence-corrected chi connectivity index (χ3v) is 5.52. The quantitative estimate of drug-likeness (QED) is 0.756. The van der Waals surface area contributed by atoms with E-state index in [4.69, 9.17) is 4.74 Å². The molecule has 0 bridgehead atoms. The van der Waals surface area contributed by atoms with E-state index >= 15 is 0 Å². The number of hydrogen-bond acceptors (Lipinski definition) is 4. The zero-order valence-corrected chi connectivity index (χ0v) is 16.1. The highest BCUT2D eigenvalue weighted by Gasteiger charge is 2.35. The van der Waals surface area contributed by atoms with Crippen molar-refractivity contribution < 1.29 is 14.3 Å². The van der Waals surface area contributed by atoms with Gasteiger partial charge < -0.3 is 19.9 Å². The first-order chi connectivity index (χ1) is 13.2. The zero-order chi connectivity index (χ0) is 19.1. The predicted octanol–water partition coefficient (Wildman–Crippen LogP) is 2.03. The number of urea groups is 1. The number of methoxy groups -OCH3 is 1. The molecule has 0 aromatic carbocycles. The van der Waals surface area contributed by atoms with Gasteiger partial charge in [0.05, 0.1) is 6.61 Å². The van der Waals surface area contributed by atoms with Crippen molar-refractivity contribution in [2.75, 3.05) is 33.4 Å². The minimum atomic E-state index is -0.115. The standard InChI is InChI=1S/C20H30N4O3/c1-27-11-10-23(14-16-6-8-21-9-7-16)20(26)22-13-17-12-19(25)24(15-17)18-4-2-3-5-18/h6-9,17-18H,2-5,10-15H2,1H3,(H,22,26). The molecule has 7 heteroatoms. The maximum absolute atomic E-state index is 12.7. The summed E-state index contributed by atoms with van der Waals surface area (Å²) in [7, 11) is 1.63. The molecule has 1 unspecified atom stereocenters. The van der Waals surface area contributed by atoms with Gasteiger partial charge in [-0.3, -0.25) is 9.78 Å². The van der Waals surface area contributed by atoms with Crippen LogP contribution >= 0.6 is 0 Å². The molecule has 27 heavy (non-hydrogen) atoms. The Balaban J connectivity index is 1.50. The van der Waals surface area contributed by atoms with Crippen molar-refractivity contribution in [3.63, 3.8) is 0 Å². The number of nitrogens with zero attached hydrogens (tertiary/aromatic N) is 3. The number of likely N-dealkylation sites (tertiary alicyclic amines) is 1. The van der Waals surface area contributed by atoms with Crippen LogP contribution in [0.25, 0.3) is 0 Å². The molecular weight excluding hydrogens is 344 g/mol. The Morgan fingerprint density at radius 1 is 1.33 bits per heavy atom. The van der Waals surface area contributed by atoms with Crippen LogP contribution in [0, 0.1) is 5.92 Å². The summed E-state index contributed by atoms with van der Waals surface area (Å²) < 4.78 is 5.14. The second kappa shape index (κ2) is 9.69. The first kappa shape index (κ1) is 19.6. The van der Waals surface area contributed by atoms with Crippen molar-refractivity contribution in [2.24, 2.45) is 5.92 Å². The first-order valence-corrected chi connectivity index (χ1v) is 9.87. The Labute approximate surface area is 161 Å². The van der Waals surface area contributed by atoms with Gasteiger partial charge in [-0.05, 0) is 30.5 Å². The van der Waals surface area contributed by atoms with Gasteiger partial charge in [0.1, 0.15) is 0 Å². The maximum atomic E-state index is 12.7. The number of carbonyl (C=O) groups is 2. The van der Waals surface area contributed by atoms with Crippen LogP contribution in [0.1, 0.15) is 37.7 Å². The van der Waals surface area contributed by atoms with Crippen LogP contribution in [0.15, 0.2) is 24.5 Å². The van der Waals surface area contributed by atoms with Gasteiger partial charge in [-0.25, -0.2) is 4.79 Å². The topological polar surface area (TPSA) is 74.8 Å². The summed E-state index contributed by atoms with van der Waals surface area (Å²) >= 11 is 0. The van der Waals surface area contributed by atoms with Crippen LogP contribution in [0.5, 0.6) is 0 Å². The molecule has 1 N–H and O–H groups in total. The highest BCUT2D eigenvalue weighted by molar-refractivity contribution is 5.79. The monoisotopic (exact) mass is 374 g/mol. The molecule has 3 amide bonds. The summed E-state index contributed by atoms with van der Waals surface area (Å²) in [6.45, 7) is 2.81. The molecule has 0 radical (unpaired) electrons. The molecule has 2 heterocycles. The molecule has 1 aromatic rings. The predicted molar refractivity (Wildman–Crippen MR) is 102 cm³/mol. The molecule has 2 fully saturated rings. The van der Waals surface area contributed by atoms with Gasteiger partial charge in [0.15, 0.2) is 0 Å². The van der Waals surface area contributed by atoms with Gasteiger partial charge in [-0.15, -0.1) is 0 Å². The van der Waals surface area contributed by atoms with E-state index in [1.54, 1.807) is 24.4 Å². The largest absolute Gasteiger partial charge is 0.383 e. The molecule has 1 aliphatic heterocycles. The fraction of sp³-hybridized carbons (Fsp3) is 0.650. The number of rotatable bonds is 8. The highest BCUT2D eigenvalue weighted by Crippen LogP contribution is 2.29. The second-order valence-electron chi connectivity index (χ2n) is 7.51. The minimum absolute atomic E-state index is 0.115. The van der Waals surface area contributed by atoms with Crippen molar-refractivity contribution in [1.82, 2.24) is 20.1 Å². The van der Waals surface area contributed by atoms with Gasteiger partial charge in [0.2, 0.25) is 5.91 Å². The molecule has 1 atom stereocenters. The van der Waals surface area contributed by atoms with E-state index in [0.717, 1.165) is 24.9 Å². The second-order valence-corrected chi connectivity index (χ2v) is 7.51. The Kier molecular flexibility index (Phi) is 7.04. The zero-order valence-electron chi connectivity index (χ0n) is 16.1. The van der Waals surface area contributed by atoms with E-state index in [0.29, 0.717) is 38.7 Å². The van der Waals surface area contributed by atoms with Crippen molar-refractivity contribution in [3.8, 4) is 0 Å². The summed E-state index contributed by atoms with van der Waals surface area (Å²) in [4.78, 5) is 32.8. The summed E-state index contributed by atoms with van der Waals surface area (Å²) in [6.07, 6.45) is 8.69. The third-order valence-electron chi connectivity index (χ3n) is 5.52. The van der Waals surface area contributed by atoms with Crippen molar-refractivity contribution in [1.29, 1.82) is 0 Å². The van der Waals surface area contributed by atoms with Crippen molar-refractivity contribution in [3.05, 3.63) is 30.1 Å². The molecule has 7 nitrogen and oxygen atoms in total. The molecule has 0 spiro atoms. The highest BCUT2D eigenvalue weighted by atomic mass is 16.5. The lowest BCUT2D eigenvalue weighted by atomic mass is 10.1. The normalized spacial score (nSPS) is 20.3. The average molecular weight is 374 g/mol. The van der Waals surface area contributed by atoms with Crippen LogP contribution in [0.4, 0.5) is 4.79 Å². The van der Waals surface area contributed by atoms with Crippen molar-refractivity contribution >= 4 is 11.9 Å².